The van der Waals surface area contributed by atoms with Crippen LogP contribution in [-0.2, 0) is 16.2 Å². The fraction of sp³-hybridized carbons (Fsp3) is 0.391. The molecule has 0 radical (unpaired) electrons. The van der Waals surface area contributed by atoms with E-state index >= 15 is 0 Å². The lowest BCUT2D eigenvalue weighted by Gasteiger charge is -2.28. The summed E-state index contributed by atoms with van der Waals surface area (Å²) in [7, 11) is 0. The van der Waals surface area contributed by atoms with E-state index in [1.807, 2.05) is 51.1 Å². The number of oxime groups is 1. The van der Waals surface area contributed by atoms with Crippen molar-refractivity contribution in [3.05, 3.63) is 70.5 Å². The number of hydrogen-bond donors (Lipinski definition) is 0. The second-order valence-electron chi connectivity index (χ2n) is 8.62. The van der Waals surface area contributed by atoms with E-state index in [-0.39, 0.29) is 23.2 Å². The van der Waals surface area contributed by atoms with Gasteiger partial charge in [0.1, 0.15) is 5.82 Å². The van der Waals surface area contributed by atoms with Crippen molar-refractivity contribution in [2.24, 2.45) is 10.6 Å². The first-order chi connectivity index (χ1) is 13.7. The predicted octanol–water partition coefficient (Wildman–Crippen LogP) is 5.44. The van der Waals surface area contributed by atoms with Gasteiger partial charge in [0, 0.05) is 30.0 Å². The molecule has 0 spiro atoms. The van der Waals surface area contributed by atoms with Gasteiger partial charge in [-0.3, -0.25) is 4.79 Å². The lowest BCUT2D eigenvalue weighted by Crippen LogP contribution is -2.38. The fourth-order valence-corrected chi connectivity index (χ4v) is 3.50. The molecule has 29 heavy (non-hydrogen) atoms. The smallest absolute Gasteiger partial charge is 0.223 e. The maximum Gasteiger partial charge on any atom is 0.223 e. The Morgan fingerprint density at radius 3 is 2.69 bits per heavy atom. The van der Waals surface area contributed by atoms with E-state index in [1.54, 1.807) is 11.0 Å². The van der Waals surface area contributed by atoms with Gasteiger partial charge in [0.15, 0.2) is 6.10 Å². The molecule has 2 aromatic rings. The summed E-state index contributed by atoms with van der Waals surface area (Å²) in [6.45, 7) is 6.98. The first-order valence-corrected chi connectivity index (χ1v) is 10.1. The molecule has 0 N–H and O–H groups in total. The van der Waals surface area contributed by atoms with Gasteiger partial charge in [0.2, 0.25) is 5.91 Å². The van der Waals surface area contributed by atoms with Crippen LogP contribution in [0.5, 0.6) is 0 Å². The van der Waals surface area contributed by atoms with Crippen LogP contribution in [0.1, 0.15) is 44.7 Å². The van der Waals surface area contributed by atoms with Gasteiger partial charge in [-0.25, -0.2) is 4.39 Å². The molecule has 0 bridgehead atoms. The van der Waals surface area contributed by atoms with Gasteiger partial charge >= 0.3 is 0 Å². The van der Waals surface area contributed by atoms with E-state index < -0.39 is 0 Å². The van der Waals surface area contributed by atoms with Gasteiger partial charge in [-0.1, -0.05) is 61.8 Å². The molecule has 0 aromatic heterocycles. The SMILES string of the molecule is CC(C)(C)CC(=O)N(Cc1cccc(Cl)c1)C[C@H]1CC(c2cccc(F)c2)=NO1. The molecule has 154 valence electrons. The molecule has 1 atom stereocenters. The van der Waals surface area contributed by atoms with Crippen LogP contribution in [-0.4, -0.2) is 29.2 Å². The second kappa shape index (κ2) is 8.95. The van der Waals surface area contributed by atoms with Crippen molar-refractivity contribution in [1.29, 1.82) is 0 Å². The zero-order valence-corrected chi connectivity index (χ0v) is 17.7. The molecule has 1 heterocycles. The minimum atomic E-state index is -0.309. The van der Waals surface area contributed by atoms with Crippen molar-refractivity contribution in [3.63, 3.8) is 0 Å². The monoisotopic (exact) mass is 416 g/mol. The summed E-state index contributed by atoms with van der Waals surface area (Å²) in [6.07, 6.45) is 0.687. The molecule has 1 aliphatic rings. The quantitative estimate of drug-likeness (QED) is 0.629. The standard InChI is InChI=1S/C23H26ClFN2O2/c1-23(2,3)13-22(28)27(14-16-6-4-8-18(24)10-16)15-20-12-21(26-29-20)17-7-5-9-19(25)11-17/h4-11,20H,12-15H2,1-3H3/t20-/m1/s1. The highest BCUT2D eigenvalue weighted by molar-refractivity contribution is 6.30. The Balaban J connectivity index is 1.70. The Kier molecular flexibility index (Phi) is 6.58. The maximum absolute atomic E-state index is 13.5. The third kappa shape index (κ3) is 6.29. The molecule has 2 aromatic carbocycles. The van der Waals surface area contributed by atoms with E-state index in [1.165, 1.54) is 12.1 Å². The molecule has 0 saturated heterocycles. The second-order valence-corrected chi connectivity index (χ2v) is 9.06. The number of amides is 1. The summed E-state index contributed by atoms with van der Waals surface area (Å²) in [4.78, 5) is 20.4. The number of nitrogens with zero attached hydrogens (tertiary/aromatic N) is 2. The number of hydrogen-bond acceptors (Lipinski definition) is 3. The van der Waals surface area contributed by atoms with E-state index in [0.29, 0.717) is 42.2 Å². The molecule has 4 nitrogen and oxygen atoms in total. The highest BCUT2D eigenvalue weighted by Gasteiger charge is 2.28. The largest absolute Gasteiger partial charge is 0.390 e. The first kappa shape index (κ1) is 21.3. The predicted molar refractivity (Wildman–Crippen MR) is 113 cm³/mol. The van der Waals surface area contributed by atoms with Crippen molar-refractivity contribution in [2.45, 2.75) is 46.3 Å². The van der Waals surface area contributed by atoms with E-state index in [9.17, 15) is 9.18 Å². The van der Waals surface area contributed by atoms with Crippen molar-refractivity contribution in [3.8, 4) is 0 Å². The molecular weight excluding hydrogens is 391 g/mol. The van der Waals surface area contributed by atoms with E-state index in [4.69, 9.17) is 16.4 Å². The molecule has 0 aliphatic carbocycles. The highest BCUT2D eigenvalue weighted by Crippen LogP contribution is 2.24. The lowest BCUT2D eigenvalue weighted by molar-refractivity contribution is -0.135. The summed E-state index contributed by atoms with van der Waals surface area (Å²) >= 11 is 6.11. The summed E-state index contributed by atoms with van der Waals surface area (Å²) < 4.78 is 13.5. The Morgan fingerprint density at radius 1 is 1.24 bits per heavy atom. The van der Waals surface area contributed by atoms with Crippen LogP contribution in [0.4, 0.5) is 4.39 Å². The third-order valence-electron chi connectivity index (χ3n) is 4.61. The van der Waals surface area contributed by atoms with Gasteiger partial charge < -0.3 is 9.74 Å². The van der Waals surface area contributed by atoms with Crippen LogP contribution in [0.25, 0.3) is 0 Å². The fourth-order valence-electron chi connectivity index (χ4n) is 3.29. The van der Waals surface area contributed by atoms with Gasteiger partial charge in [-0.15, -0.1) is 0 Å². The zero-order valence-electron chi connectivity index (χ0n) is 17.0. The Morgan fingerprint density at radius 2 is 2.00 bits per heavy atom. The maximum atomic E-state index is 13.5. The van der Waals surface area contributed by atoms with Gasteiger partial charge in [-0.2, -0.15) is 0 Å². The lowest BCUT2D eigenvalue weighted by atomic mass is 9.91. The Bertz CT molecular complexity index is 908. The van der Waals surface area contributed by atoms with Crippen molar-refractivity contribution >= 4 is 23.2 Å². The molecule has 0 saturated carbocycles. The van der Waals surface area contributed by atoms with Crippen molar-refractivity contribution in [2.75, 3.05) is 6.54 Å². The summed E-state index contributed by atoms with van der Waals surface area (Å²) in [6, 6.07) is 13.8. The van der Waals surface area contributed by atoms with Crippen LogP contribution >= 0.6 is 11.6 Å². The minimum absolute atomic E-state index is 0.0558. The third-order valence-corrected chi connectivity index (χ3v) is 4.85. The van der Waals surface area contributed by atoms with Gasteiger partial charge in [-0.05, 0) is 35.2 Å². The van der Waals surface area contributed by atoms with Crippen LogP contribution in [0.15, 0.2) is 53.7 Å². The number of rotatable bonds is 6. The van der Waals surface area contributed by atoms with E-state index in [2.05, 4.69) is 5.16 Å². The molecule has 1 amide bonds. The summed E-state index contributed by atoms with van der Waals surface area (Å²) in [5, 5.41) is 4.77. The van der Waals surface area contributed by atoms with Gasteiger partial charge in [0.25, 0.3) is 0 Å². The zero-order chi connectivity index (χ0) is 21.0. The van der Waals surface area contributed by atoms with Crippen molar-refractivity contribution < 1.29 is 14.0 Å². The molecule has 6 heteroatoms. The number of benzene rings is 2. The first-order valence-electron chi connectivity index (χ1n) is 9.70. The van der Waals surface area contributed by atoms with Crippen LogP contribution in [0, 0.1) is 11.2 Å². The summed E-state index contributed by atoms with van der Waals surface area (Å²) in [5.41, 5.74) is 2.24. The van der Waals surface area contributed by atoms with Crippen molar-refractivity contribution in [1.82, 2.24) is 4.90 Å². The molecule has 1 aliphatic heterocycles. The summed E-state index contributed by atoms with van der Waals surface area (Å²) in [5.74, 6) is -0.253. The molecule has 3 rings (SSSR count). The number of carbonyl (C=O) groups excluding carboxylic acids is 1. The van der Waals surface area contributed by atoms with E-state index in [0.717, 1.165) is 5.56 Å². The molecular formula is C23H26ClFN2O2. The molecule has 0 unspecified atom stereocenters. The topological polar surface area (TPSA) is 41.9 Å². The number of halogens is 2. The van der Waals surface area contributed by atoms with Gasteiger partial charge in [0.05, 0.1) is 12.3 Å². The van der Waals surface area contributed by atoms with Crippen LogP contribution in [0.3, 0.4) is 0 Å². The normalized spacial score (nSPS) is 16.3. The van der Waals surface area contributed by atoms with Crippen LogP contribution < -0.4 is 0 Å². The average molecular weight is 417 g/mol. The molecule has 0 fully saturated rings. The Labute approximate surface area is 176 Å². The minimum Gasteiger partial charge on any atom is -0.390 e. The van der Waals surface area contributed by atoms with Crippen LogP contribution in [0.2, 0.25) is 5.02 Å². The Hall–Kier alpha value is -2.40. The average Bonchev–Trinajstić information content (AvgIpc) is 3.08. The number of carbonyl (C=O) groups is 1. The highest BCUT2D eigenvalue weighted by atomic mass is 35.5.